The van der Waals surface area contributed by atoms with E-state index in [2.05, 4.69) is 37.2 Å². The molecule has 0 bridgehead atoms. The first-order chi connectivity index (χ1) is 7.65. The van der Waals surface area contributed by atoms with Gasteiger partial charge in [-0.15, -0.1) is 0 Å². The highest BCUT2D eigenvalue weighted by Crippen LogP contribution is 2.28. The number of hydrogen-bond acceptors (Lipinski definition) is 2. The highest BCUT2D eigenvalue weighted by molar-refractivity contribution is 9.11. The van der Waals surface area contributed by atoms with Gasteiger partial charge in [-0.25, -0.2) is 0 Å². The molecule has 0 atom stereocenters. The third-order valence-corrected chi connectivity index (χ3v) is 3.27. The Morgan fingerprint density at radius 2 is 1.62 bits per heavy atom. The standard InChI is InChI=1S/C12H10Br2N2/c13-8-1-6-12(11(14)7-8)16-10-4-2-9(15)3-5-10/h1-7,16H,15H2. The molecular weight excluding hydrogens is 332 g/mol. The number of anilines is 3. The van der Waals surface area contributed by atoms with Crippen molar-refractivity contribution in [1.29, 1.82) is 0 Å². The maximum Gasteiger partial charge on any atom is 0.0529 e. The molecule has 0 fully saturated rings. The predicted molar refractivity (Wildman–Crippen MR) is 76.0 cm³/mol. The van der Waals surface area contributed by atoms with E-state index in [0.29, 0.717) is 0 Å². The van der Waals surface area contributed by atoms with Crippen molar-refractivity contribution in [3.05, 3.63) is 51.4 Å². The Hall–Kier alpha value is -1.000. The van der Waals surface area contributed by atoms with E-state index < -0.39 is 0 Å². The lowest BCUT2D eigenvalue weighted by molar-refractivity contribution is 1.51. The first kappa shape index (κ1) is 11.5. The van der Waals surface area contributed by atoms with Gasteiger partial charge in [0.15, 0.2) is 0 Å². The monoisotopic (exact) mass is 340 g/mol. The summed E-state index contributed by atoms with van der Waals surface area (Å²) in [5.41, 5.74) is 8.42. The molecule has 2 aromatic carbocycles. The van der Waals surface area contributed by atoms with Crippen molar-refractivity contribution in [2.75, 3.05) is 11.1 Å². The van der Waals surface area contributed by atoms with E-state index in [-0.39, 0.29) is 0 Å². The smallest absolute Gasteiger partial charge is 0.0529 e. The summed E-state index contributed by atoms with van der Waals surface area (Å²) in [5, 5.41) is 3.30. The summed E-state index contributed by atoms with van der Waals surface area (Å²) in [6.45, 7) is 0. The lowest BCUT2D eigenvalue weighted by Crippen LogP contribution is -1.92. The van der Waals surface area contributed by atoms with Crippen LogP contribution in [0.2, 0.25) is 0 Å². The average Bonchev–Trinajstić information content (AvgIpc) is 2.25. The molecule has 4 heteroatoms. The second-order valence-corrected chi connectivity index (χ2v) is 5.14. The fraction of sp³-hybridized carbons (Fsp3) is 0. The summed E-state index contributed by atoms with van der Waals surface area (Å²) in [4.78, 5) is 0. The van der Waals surface area contributed by atoms with Gasteiger partial charge in [0, 0.05) is 20.3 Å². The van der Waals surface area contributed by atoms with Gasteiger partial charge in [-0.2, -0.15) is 0 Å². The maximum atomic E-state index is 5.63. The van der Waals surface area contributed by atoms with Gasteiger partial charge in [0.05, 0.1) is 5.69 Å². The van der Waals surface area contributed by atoms with Crippen LogP contribution in [0.4, 0.5) is 17.1 Å². The summed E-state index contributed by atoms with van der Waals surface area (Å²) in [6.07, 6.45) is 0. The topological polar surface area (TPSA) is 38.0 Å². The van der Waals surface area contributed by atoms with E-state index in [0.717, 1.165) is 26.0 Å². The number of nitrogens with one attached hydrogen (secondary N) is 1. The molecule has 0 aliphatic carbocycles. The van der Waals surface area contributed by atoms with Crippen molar-refractivity contribution in [3.63, 3.8) is 0 Å². The van der Waals surface area contributed by atoms with Crippen LogP contribution in [-0.2, 0) is 0 Å². The molecule has 0 aromatic heterocycles. The zero-order valence-electron chi connectivity index (χ0n) is 8.37. The third-order valence-electron chi connectivity index (χ3n) is 2.12. The maximum absolute atomic E-state index is 5.63. The van der Waals surface area contributed by atoms with E-state index in [9.17, 15) is 0 Å². The minimum atomic E-state index is 0.764. The van der Waals surface area contributed by atoms with E-state index in [1.54, 1.807) is 0 Å². The second kappa shape index (κ2) is 4.89. The lowest BCUT2D eigenvalue weighted by Gasteiger charge is -2.09. The first-order valence-electron chi connectivity index (χ1n) is 4.73. The van der Waals surface area contributed by atoms with Crippen molar-refractivity contribution < 1.29 is 0 Å². The number of nitrogen functional groups attached to an aromatic ring is 1. The molecule has 0 spiro atoms. The third kappa shape index (κ3) is 2.77. The van der Waals surface area contributed by atoms with Crippen molar-refractivity contribution >= 4 is 48.9 Å². The van der Waals surface area contributed by atoms with Crippen molar-refractivity contribution in [2.24, 2.45) is 0 Å². The molecule has 2 aromatic rings. The van der Waals surface area contributed by atoms with Gasteiger partial charge in [-0.3, -0.25) is 0 Å². The highest BCUT2D eigenvalue weighted by atomic mass is 79.9. The quantitative estimate of drug-likeness (QED) is 0.787. The van der Waals surface area contributed by atoms with Gasteiger partial charge in [0.25, 0.3) is 0 Å². The Kier molecular flexibility index (Phi) is 3.51. The van der Waals surface area contributed by atoms with Crippen molar-refractivity contribution in [3.8, 4) is 0 Å². The van der Waals surface area contributed by atoms with Crippen LogP contribution < -0.4 is 11.1 Å². The molecule has 0 aliphatic heterocycles. The molecule has 0 saturated carbocycles. The zero-order valence-corrected chi connectivity index (χ0v) is 11.5. The largest absolute Gasteiger partial charge is 0.399 e. The van der Waals surface area contributed by atoms with Gasteiger partial charge in [0.1, 0.15) is 0 Å². The summed E-state index contributed by atoms with van der Waals surface area (Å²) in [7, 11) is 0. The molecule has 0 radical (unpaired) electrons. The van der Waals surface area contributed by atoms with Crippen LogP contribution >= 0.6 is 31.9 Å². The van der Waals surface area contributed by atoms with E-state index in [1.807, 2.05) is 42.5 Å². The summed E-state index contributed by atoms with van der Waals surface area (Å²) >= 11 is 6.92. The van der Waals surface area contributed by atoms with Crippen LogP contribution in [0, 0.1) is 0 Å². The van der Waals surface area contributed by atoms with Crippen LogP contribution in [0.1, 0.15) is 0 Å². The minimum absolute atomic E-state index is 0.764. The molecule has 16 heavy (non-hydrogen) atoms. The number of benzene rings is 2. The SMILES string of the molecule is Nc1ccc(Nc2ccc(Br)cc2Br)cc1. The zero-order chi connectivity index (χ0) is 11.5. The number of nitrogens with two attached hydrogens (primary N) is 1. The Balaban J connectivity index is 2.23. The molecule has 2 rings (SSSR count). The van der Waals surface area contributed by atoms with Gasteiger partial charge >= 0.3 is 0 Å². The summed E-state index contributed by atoms with van der Waals surface area (Å²) in [6, 6.07) is 13.6. The molecule has 0 saturated heterocycles. The molecule has 0 heterocycles. The molecule has 2 nitrogen and oxygen atoms in total. The summed E-state index contributed by atoms with van der Waals surface area (Å²) in [5.74, 6) is 0. The Morgan fingerprint density at radius 1 is 0.938 bits per heavy atom. The molecule has 82 valence electrons. The van der Waals surface area contributed by atoms with Gasteiger partial charge in [0.2, 0.25) is 0 Å². The van der Waals surface area contributed by atoms with Gasteiger partial charge in [-0.1, -0.05) is 15.9 Å². The number of halogens is 2. The summed E-state index contributed by atoms with van der Waals surface area (Å²) < 4.78 is 2.06. The predicted octanol–water partition coefficient (Wildman–Crippen LogP) is 4.54. The van der Waals surface area contributed by atoms with Gasteiger partial charge < -0.3 is 11.1 Å². The van der Waals surface area contributed by atoms with E-state index in [1.165, 1.54) is 0 Å². The fourth-order valence-electron chi connectivity index (χ4n) is 1.31. The molecule has 0 amide bonds. The first-order valence-corrected chi connectivity index (χ1v) is 6.31. The molecule has 0 aliphatic rings. The second-order valence-electron chi connectivity index (χ2n) is 3.37. The average molecular weight is 342 g/mol. The van der Waals surface area contributed by atoms with E-state index in [4.69, 9.17) is 5.73 Å². The minimum Gasteiger partial charge on any atom is -0.399 e. The fourth-order valence-corrected chi connectivity index (χ4v) is 2.46. The van der Waals surface area contributed by atoms with Crippen molar-refractivity contribution in [1.82, 2.24) is 0 Å². The number of hydrogen-bond donors (Lipinski definition) is 2. The molecule has 3 N–H and O–H groups in total. The van der Waals surface area contributed by atoms with Crippen LogP contribution in [0.25, 0.3) is 0 Å². The van der Waals surface area contributed by atoms with Crippen LogP contribution in [0.15, 0.2) is 51.4 Å². The number of rotatable bonds is 2. The Morgan fingerprint density at radius 3 is 2.25 bits per heavy atom. The van der Waals surface area contributed by atoms with Crippen molar-refractivity contribution in [2.45, 2.75) is 0 Å². The van der Waals surface area contributed by atoms with Crippen LogP contribution in [0.5, 0.6) is 0 Å². The normalized spacial score (nSPS) is 10.1. The Labute approximate surface area is 111 Å². The van der Waals surface area contributed by atoms with Crippen LogP contribution in [-0.4, -0.2) is 0 Å². The highest BCUT2D eigenvalue weighted by Gasteiger charge is 2.00. The Bertz CT molecular complexity index is 495. The van der Waals surface area contributed by atoms with Crippen LogP contribution in [0.3, 0.4) is 0 Å². The lowest BCUT2D eigenvalue weighted by atomic mass is 10.2. The van der Waals surface area contributed by atoms with E-state index >= 15 is 0 Å². The molecule has 0 unspecified atom stereocenters. The van der Waals surface area contributed by atoms with Gasteiger partial charge in [-0.05, 0) is 58.4 Å². The molecular formula is C12H10Br2N2.